The number of aryl methyl sites for hydroxylation is 1. The highest BCUT2D eigenvalue weighted by atomic mass is 14.6. The molecule has 0 amide bonds. The highest BCUT2D eigenvalue weighted by Crippen LogP contribution is 2.09. The Hall–Kier alpha value is -0.820. The Kier molecular flexibility index (Phi) is 3.49. The number of benzene rings is 1. The highest BCUT2D eigenvalue weighted by Gasteiger charge is 2.07. The molecule has 0 aliphatic rings. The lowest BCUT2D eigenvalue weighted by Crippen LogP contribution is -2.28. The molecule has 1 heteroatoms. The zero-order valence-corrected chi connectivity index (χ0v) is 8.75. The summed E-state index contributed by atoms with van der Waals surface area (Å²) in [6.07, 6.45) is 0.985. The molecule has 0 heterocycles. The summed E-state index contributed by atoms with van der Waals surface area (Å²) in [5, 5.41) is 0. The van der Waals surface area contributed by atoms with Crippen molar-refractivity contribution in [2.24, 2.45) is 11.7 Å². The van der Waals surface area contributed by atoms with Crippen molar-refractivity contribution in [3.05, 3.63) is 35.4 Å². The molecule has 0 aliphatic heterocycles. The molecule has 0 fully saturated rings. The van der Waals surface area contributed by atoms with Crippen molar-refractivity contribution >= 4 is 0 Å². The predicted molar refractivity (Wildman–Crippen MR) is 57.7 cm³/mol. The van der Waals surface area contributed by atoms with Crippen molar-refractivity contribution in [2.45, 2.75) is 33.2 Å². The first-order valence-corrected chi connectivity index (χ1v) is 4.90. The number of hydrogen-bond donors (Lipinski definition) is 1. The second kappa shape index (κ2) is 4.43. The average molecular weight is 177 g/mol. The van der Waals surface area contributed by atoms with Crippen LogP contribution < -0.4 is 5.73 Å². The Labute approximate surface area is 81.0 Å². The minimum atomic E-state index is 0.279. The molecule has 1 aromatic rings. The lowest BCUT2D eigenvalue weighted by atomic mass is 9.97. The van der Waals surface area contributed by atoms with Gasteiger partial charge in [-0.25, -0.2) is 0 Å². The van der Waals surface area contributed by atoms with Gasteiger partial charge in [-0.1, -0.05) is 43.7 Å². The zero-order valence-electron chi connectivity index (χ0n) is 8.75. The normalized spacial score (nSPS) is 13.3. The van der Waals surface area contributed by atoms with Crippen LogP contribution in [-0.2, 0) is 6.42 Å². The van der Waals surface area contributed by atoms with Crippen molar-refractivity contribution in [1.82, 2.24) is 0 Å². The van der Waals surface area contributed by atoms with Crippen LogP contribution in [-0.4, -0.2) is 6.04 Å². The van der Waals surface area contributed by atoms with Gasteiger partial charge in [0, 0.05) is 6.04 Å². The quantitative estimate of drug-likeness (QED) is 0.754. The molecule has 13 heavy (non-hydrogen) atoms. The van der Waals surface area contributed by atoms with E-state index in [1.54, 1.807) is 0 Å². The first kappa shape index (κ1) is 10.3. The SMILES string of the molecule is Cc1cccc(CC(N)C(C)C)c1. The molecule has 0 saturated carbocycles. The molecule has 1 nitrogen and oxygen atoms in total. The van der Waals surface area contributed by atoms with Crippen molar-refractivity contribution in [3.63, 3.8) is 0 Å². The summed E-state index contributed by atoms with van der Waals surface area (Å²) >= 11 is 0. The van der Waals surface area contributed by atoms with Crippen LogP contribution in [0, 0.1) is 12.8 Å². The zero-order chi connectivity index (χ0) is 9.84. The van der Waals surface area contributed by atoms with Gasteiger partial charge in [-0.15, -0.1) is 0 Å². The molecule has 72 valence electrons. The van der Waals surface area contributed by atoms with Gasteiger partial charge in [-0.2, -0.15) is 0 Å². The standard InChI is InChI=1S/C12H19N/c1-9(2)12(13)8-11-6-4-5-10(3)7-11/h4-7,9,12H,8,13H2,1-3H3. The third-order valence-corrected chi connectivity index (χ3v) is 2.41. The minimum absolute atomic E-state index is 0.279. The summed E-state index contributed by atoms with van der Waals surface area (Å²) in [4.78, 5) is 0. The Bertz CT molecular complexity index is 266. The van der Waals surface area contributed by atoms with E-state index in [2.05, 4.69) is 45.0 Å². The fourth-order valence-electron chi connectivity index (χ4n) is 1.35. The fraction of sp³-hybridized carbons (Fsp3) is 0.500. The Balaban J connectivity index is 2.64. The molecular formula is C12H19N. The Morgan fingerprint density at radius 3 is 2.54 bits per heavy atom. The molecule has 1 atom stereocenters. The van der Waals surface area contributed by atoms with Gasteiger partial charge in [0.2, 0.25) is 0 Å². The summed E-state index contributed by atoms with van der Waals surface area (Å²) in [5.74, 6) is 0.556. The molecule has 1 unspecified atom stereocenters. The number of nitrogens with two attached hydrogens (primary N) is 1. The second-order valence-corrected chi connectivity index (χ2v) is 4.10. The van der Waals surface area contributed by atoms with Crippen LogP contribution >= 0.6 is 0 Å². The largest absolute Gasteiger partial charge is 0.327 e. The molecule has 2 N–H and O–H groups in total. The van der Waals surface area contributed by atoms with Crippen molar-refractivity contribution in [1.29, 1.82) is 0 Å². The van der Waals surface area contributed by atoms with Gasteiger partial charge in [-0.3, -0.25) is 0 Å². The van der Waals surface area contributed by atoms with Crippen LogP contribution in [0.1, 0.15) is 25.0 Å². The molecule has 0 radical (unpaired) electrons. The highest BCUT2D eigenvalue weighted by molar-refractivity contribution is 5.22. The summed E-state index contributed by atoms with van der Waals surface area (Å²) in [6.45, 7) is 6.45. The van der Waals surface area contributed by atoms with E-state index in [4.69, 9.17) is 5.73 Å². The van der Waals surface area contributed by atoms with Gasteiger partial charge in [0.1, 0.15) is 0 Å². The molecule has 0 aliphatic carbocycles. The van der Waals surface area contributed by atoms with Gasteiger partial charge in [0.25, 0.3) is 0 Å². The van der Waals surface area contributed by atoms with E-state index in [0.29, 0.717) is 5.92 Å². The van der Waals surface area contributed by atoms with E-state index in [-0.39, 0.29) is 6.04 Å². The summed E-state index contributed by atoms with van der Waals surface area (Å²) in [6, 6.07) is 8.85. The lowest BCUT2D eigenvalue weighted by molar-refractivity contribution is 0.490. The number of hydrogen-bond acceptors (Lipinski definition) is 1. The van der Waals surface area contributed by atoms with E-state index in [0.717, 1.165) is 6.42 Å². The fourth-order valence-corrected chi connectivity index (χ4v) is 1.35. The van der Waals surface area contributed by atoms with Crippen LogP contribution in [0.25, 0.3) is 0 Å². The van der Waals surface area contributed by atoms with Crippen molar-refractivity contribution in [3.8, 4) is 0 Å². The maximum absolute atomic E-state index is 6.00. The minimum Gasteiger partial charge on any atom is -0.327 e. The van der Waals surface area contributed by atoms with E-state index in [1.807, 2.05) is 0 Å². The Morgan fingerprint density at radius 1 is 1.31 bits per heavy atom. The van der Waals surface area contributed by atoms with Crippen LogP contribution in [0.2, 0.25) is 0 Å². The third kappa shape index (κ3) is 3.19. The van der Waals surface area contributed by atoms with Gasteiger partial charge < -0.3 is 5.73 Å². The summed E-state index contributed by atoms with van der Waals surface area (Å²) in [5.41, 5.74) is 8.66. The predicted octanol–water partition coefficient (Wildman–Crippen LogP) is 2.52. The van der Waals surface area contributed by atoms with Crippen LogP contribution in [0.5, 0.6) is 0 Å². The van der Waals surface area contributed by atoms with Crippen molar-refractivity contribution in [2.75, 3.05) is 0 Å². The Morgan fingerprint density at radius 2 is 2.00 bits per heavy atom. The van der Waals surface area contributed by atoms with Gasteiger partial charge in [-0.05, 0) is 24.8 Å². The molecule has 1 rings (SSSR count). The van der Waals surface area contributed by atoms with E-state index in [9.17, 15) is 0 Å². The molecule has 0 aromatic heterocycles. The smallest absolute Gasteiger partial charge is 0.0102 e. The van der Waals surface area contributed by atoms with Gasteiger partial charge >= 0.3 is 0 Å². The molecular weight excluding hydrogens is 158 g/mol. The molecule has 0 spiro atoms. The monoisotopic (exact) mass is 177 g/mol. The first-order chi connectivity index (χ1) is 6.09. The van der Waals surface area contributed by atoms with Gasteiger partial charge in [0.05, 0.1) is 0 Å². The van der Waals surface area contributed by atoms with Crippen LogP contribution in [0.3, 0.4) is 0 Å². The maximum atomic E-state index is 6.00. The third-order valence-electron chi connectivity index (χ3n) is 2.41. The summed E-state index contributed by atoms with van der Waals surface area (Å²) < 4.78 is 0. The maximum Gasteiger partial charge on any atom is 0.0102 e. The lowest BCUT2D eigenvalue weighted by Gasteiger charge is -2.15. The van der Waals surface area contributed by atoms with E-state index in [1.165, 1.54) is 11.1 Å². The molecule has 0 saturated heterocycles. The molecule has 0 bridgehead atoms. The second-order valence-electron chi connectivity index (χ2n) is 4.10. The first-order valence-electron chi connectivity index (χ1n) is 4.90. The topological polar surface area (TPSA) is 26.0 Å². The van der Waals surface area contributed by atoms with Crippen LogP contribution in [0.4, 0.5) is 0 Å². The molecule has 1 aromatic carbocycles. The van der Waals surface area contributed by atoms with Crippen LogP contribution in [0.15, 0.2) is 24.3 Å². The average Bonchev–Trinajstić information content (AvgIpc) is 2.04. The van der Waals surface area contributed by atoms with E-state index >= 15 is 0 Å². The van der Waals surface area contributed by atoms with Gasteiger partial charge in [0.15, 0.2) is 0 Å². The number of rotatable bonds is 3. The summed E-state index contributed by atoms with van der Waals surface area (Å²) in [7, 11) is 0. The van der Waals surface area contributed by atoms with E-state index < -0.39 is 0 Å². The van der Waals surface area contributed by atoms with Crippen molar-refractivity contribution < 1.29 is 0 Å².